The molecule has 0 bridgehead atoms. The number of carbonyl (C=O) groups is 2. The first-order valence-electron chi connectivity index (χ1n) is 7.39. The number of carbonyl (C=O) groups excluding carboxylic acids is 2. The SMILES string of the molecule is COc1ccc(C(O)CCC(=O)NCCNC(C)=O)c(OC)c1. The van der Waals surface area contributed by atoms with Crippen LogP contribution in [0.3, 0.4) is 0 Å². The van der Waals surface area contributed by atoms with E-state index in [2.05, 4.69) is 10.6 Å². The average Bonchev–Trinajstić information content (AvgIpc) is 2.55. The molecule has 0 saturated heterocycles. The second-order valence-corrected chi connectivity index (χ2v) is 5.00. The van der Waals surface area contributed by atoms with Crippen molar-refractivity contribution >= 4 is 11.8 Å². The zero-order valence-electron chi connectivity index (χ0n) is 13.7. The van der Waals surface area contributed by atoms with Crippen molar-refractivity contribution in [3.63, 3.8) is 0 Å². The summed E-state index contributed by atoms with van der Waals surface area (Å²) < 4.78 is 10.3. The van der Waals surface area contributed by atoms with Crippen molar-refractivity contribution in [3.8, 4) is 11.5 Å². The maximum atomic E-state index is 11.7. The van der Waals surface area contributed by atoms with Gasteiger partial charge in [0.05, 0.1) is 20.3 Å². The van der Waals surface area contributed by atoms with E-state index in [9.17, 15) is 14.7 Å². The standard InChI is InChI=1S/C16H24N2O5/c1-11(19)17-8-9-18-16(21)7-6-14(20)13-5-4-12(22-2)10-15(13)23-3/h4-5,10,14,20H,6-9H2,1-3H3,(H,17,19)(H,18,21). The van der Waals surface area contributed by atoms with E-state index < -0.39 is 6.10 Å². The van der Waals surface area contributed by atoms with Gasteiger partial charge in [0.1, 0.15) is 11.5 Å². The van der Waals surface area contributed by atoms with Crippen molar-refractivity contribution in [1.29, 1.82) is 0 Å². The number of aliphatic hydroxyl groups is 1. The van der Waals surface area contributed by atoms with Gasteiger partial charge in [-0.3, -0.25) is 9.59 Å². The summed E-state index contributed by atoms with van der Waals surface area (Å²) in [6, 6.07) is 5.14. The quantitative estimate of drug-likeness (QED) is 0.583. The highest BCUT2D eigenvalue weighted by molar-refractivity contribution is 5.76. The molecule has 0 fully saturated rings. The van der Waals surface area contributed by atoms with Gasteiger partial charge in [-0.2, -0.15) is 0 Å². The zero-order chi connectivity index (χ0) is 17.2. The van der Waals surface area contributed by atoms with Crippen LogP contribution in [0.15, 0.2) is 18.2 Å². The van der Waals surface area contributed by atoms with E-state index in [0.29, 0.717) is 30.2 Å². The molecule has 7 heteroatoms. The van der Waals surface area contributed by atoms with Crippen molar-refractivity contribution in [3.05, 3.63) is 23.8 Å². The summed E-state index contributed by atoms with van der Waals surface area (Å²) in [7, 11) is 3.07. The molecular weight excluding hydrogens is 300 g/mol. The fourth-order valence-corrected chi connectivity index (χ4v) is 2.05. The summed E-state index contributed by atoms with van der Waals surface area (Å²) >= 11 is 0. The summed E-state index contributed by atoms with van der Waals surface area (Å²) in [5.74, 6) is 0.833. The third-order valence-corrected chi connectivity index (χ3v) is 3.27. The lowest BCUT2D eigenvalue weighted by Crippen LogP contribution is -2.33. The highest BCUT2D eigenvalue weighted by Crippen LogP contribution is 2.31. The third-order valence-electron chi connectivity index (χ3n) is 3.27. The van der Waals surface area contributed by atoms with Crippen LogP contribution in [0, 0.1) is 0 Å². The summed E-state index contributed by atoms with van der Waals surface area (Å²) in [6.07, 6.45) is -0.359. The number of nitrogens with one attached hydrogen (secondary N) is 2. The van der Waals surface area contributed by atoms with E-state index in [-0.39, 0.29) is 24.7 Å². The van der Waals surface area contributed by atoms with Gasteiger partial charge in [-0.1, -0.05) is 0 Å². The maximum Gasteiger partial charge on any atom is 0.220 e. The molecule has 0 aliphatic rings. The highest BCUT2D eigenvalue weighted by atomic mass is 16.5. The topological polar surface area (TPSA) is 96.9 Å². The molecule has 23 heavy (non-hydrogen) atoms. The smallest absolute Gasteiger partial charge is 0.220 e. The van der Waals surface area contributed by atoms with Crippen molar-refractivity contribution in [2.75, 3.05) is 27.3 Å². The van der Waals surface area contributed by atoms with E-state index in [1.807, 2.05) is 0 Å². The number of ether oxygens (including phenoxy) is 2. The molecule has 2 amide bonds. The first kappa shape index (κ1) is 18.8. The van der Waals surface area contributed by atoms with Gasteiger partial charge in [0.2, 0.25) is 11.8 Å². The molecule has 0 aromatic heterocycles. The largest absolute Gasteiger partial charge is 0.497 e. The molecule has 1 unspecified atom stereocenters. The van der Waals surface area contributed by atoms with E-state index in [0.717, 1.165) is 0 Å². The molecule has 3 N–H and O–H groups in total. The molecule has 0 aliphatic carbocycles. The van der Waals surface area contributed by atoms with Gasteiger partial charge in [0, 0.05) is 38.1 Å². The van der Waals surface area contributed by atoms with Crippen molar-refractivity contribution < 1.29 is 24.2 Å². The number of benzene rings is 1. The lowest BCUT2D eigenvalue weighted by molar-refractivity contribution is -0.122. The van der Waals surface area contributed by atoms with Crippen molar-refractivity contribution in [2.45, 2.75) is 25.9 Å². The molecule has 1 atom stereocenters. The number of methoxy groups -OCH3 is 2. The van der Waals surface area contributed by atoms with Gasteiger partial charge in [-0.25, -0.2) is 0 Å². The van der Waals surface area contributed by atoms with Gasteiger partial charge < -0.3 is 25.2 Å². The van der Waals surface area contributed by atoms with Crippen LogP contribution < -0.4 is 20.1 Å². The Labute approximate surface area is 136 Å². The second kappa shape index (κ2) is 9.68. The molecule has 0 aliphatic heterocycles. The molecule has 7 nitrogen and oxygen atoms in total. The minimum absolute atomic E-state index is 0.138. The molecule has 0 radical (unpaired) electrons. The molecule has 1 aromatic rings. The molecule has 1 rings (SSSR count). The number of aliphatic hydroxyl groups excluding tert-OH is 1. The number of hydrogen-bond acceptors (Lipinski definition) is 5. The molecular formula is C16H24N2O5. The van der Waals surface area contributed by atoms with Crippen LogP contribution in [0.5, 0.6) is 11.5 Å². The highest BCUT2D eigenvalue weighted by Gasteiger charge is 2.15. The predicted molar refractivity (Wildman–Crippen MR) is 85.4 cm³/mol. The summed E-state index contributed by atoms with van der Waals surface area (Å²) in [6.45, 7) is 2.16. The lowest BCUT2D eigenvalue weighted by Gasteiger charge is -2.15. The Bertz CT molecular complexity index is 533. The van der Waals surface area contributed by atoms with Crippen molar-refractivity contribution in [2.24, 2.45) is 0 Å². The minimum Gasteiger partial charge on any atom is -0.497 e. The summed E-state index contributed by atoms with van der Waals surface area (Å²) in [5, 5.41) is 15.5. The van der Waals surface area contributed by atoms with Gasteiger partial charge in [-0.15, -0.1) is 0 Å². The Morgan fingerprint density at radius 2 is 1.87 bits per heavy atom. The van der Waals surface area contributed by atoms with Crippen LogP contribution in [0.1, 0.15) is 31.4 Å². The normalized spacial score (nSPS) is 11.5. The van der Waals surface area contributed by atoms with Crippen LogP contribution in [0.2, 0.25) is 0 Å². The van der Waals surface area contributed by atoms with E-state index in [1.54, 1.807) is 25.3 Å². The third kappa shape index (κ3) is 6.56. The lowest BCUT2D eigenvalue weighted by atomic mass is 10.0. The van der Waals surface area contributed by atoms with Gasteiger partial charge in [0.15, 0.2) is 0 Å². The van der Waals surface area contributed by atoms with Gasteiger partial charge in [0.25, 0.3) is 0 Å². The summed E-state index contributed by atoms with van der Waals surface area (Å²) in [5.41, 5.74) is 0.611. The average molecular weight is 324 g/mol. The van der Waals surface area contributed by atoms with E-state index in [4.69, 9.17) is 9.47 Å². The predicted octanol–water partition coefficient (Wildman–Crippen LogP) is 0.770. The van der Waals surface area contributed by atoms with E-state index >= 15 is 0 Å². The Morgan fingerprint density at radius 1 is 1.17 bits per heavy atom. The van der Waals surface area contributed by atoms with Crippen LogP contribution in [-0.4, -0.2) is 44.2 Å². The van der Waals surface area contributed by atoms with Gasteiger partial charge >= 0.3 is 0 Å². The number of hydrogen-bond donors (Lipinski definition) is 3. The van der Waals surface area contributed by atoms with Gasteiger partial charge in [-0.05, 0) is 18.6 Å². The fraction of sp³-hybridized carbons (Fsp3) is 0.500. The van der Waals surface area contributed by atoms with Crippen LogP contribution in [-0.2, 0) is 9.59 Å². The van der Waals surface area contributed by atoms with Crippen LogP contribution in [0.25, 0.3) is 0 Å². The monoisotopic (exact) mass is 324 g/mol. The second-order valence-electron chi connectivity index (χ2n) is 5.00. The van der Waals surface area contributed by atoms with E-state index in [1.165, 1.54) is 14.0 Å². The maximum absolute atomic E-state index is 11.7. The molecule has 128 valence electrons. The zero-order valence-corrected chi connectivity index (χ0v) is 13.7. The molecule has 1 aromatic carbocycles. The molecule has 0 saturated carbocycles. The number of amides is 2. The van der Waals surface area contributed by atoms with Crippen molar-refractivity contribution in [1.82, 2.24) is 10.6 Å². The Morgan fingerprint density at radius 3 is 2.48 bits per heavy atom. The Hall–Kier alpha value is -2.28. The minimum atomic E-state index is -0.808. The summed E-state index contributed by atoms with van der Waals surface area (Å²) in [4.78, 5) is 22.4. The fourth-order valence-electron chi connectivity index (χ4n) is 2.05. The number of rotatable bonds is 9. The first-order chi connectivity index (χ1) is 11.0. The Balaban J connectivity index is 2.45. The molecule has 0 spiro atoms. The first-order valence-corrected chi connectivity index (χ1v) is 7.39. The van der Waals surface area contributed by atoms with Crippen LogP contribution in [0.4, 0.5) is 0 Å². The molecule has 0 heterocycles. The van der Waals surface area contributed by atoms with Crippen LogP contribution >= 0.6 is 0 Å². The Kier molecular flexibility index (Phi) is 7.90.